The van der Waals surface area contributed by atoms with Crippen molar-refractivity contribution in [3.63, 3.8) is 0 Å². The Morgan fingerprint density at radius 1 is 1.46 bits per heavy atom. The van der Waals surface area contributed by atoms with Crippen LogP contribution in [-0.4, -0.2) is 63.9 Å². The Kier molecular flexibility index (Phi) is 6.89. The van der Waals surface area contributed by atoms with Gasteiger partial charge >= 0.3 is 0 Å². The van der Waals surface area contributed by atoms with Crippen LogP contribution in [0.5, 0.6) is 0 Å². The minimum Gasteiger partial charge on any atom is -0.370 e. The van der Waals surface area contributed by atoms with Crippen LogP contribution in [0.2, 0.25) is 0 Å². The standard InChI is InChI=1S/C19H25N7O.HI/c1-20-19(22-7-5-14-10-23-18-16(14)4-3-6-21-18)26-8-9-27-17(13-26)15-11-24-25(2)12-15;/h3-4,6,10-12,17H,5,7-9,13H2,1-2H3,(H,20,22)(H,21,23);1H. The summed E-state index contributed by atoms with van der Waals surface area (Å²) >= 11 is 0. The highest BCUT2D eigenvalue weighted by Gasteiger charge is 2.25. The molecule has 1 fully saturated rings. The fourth-order valence-electron chi connectivity index (χ4n) is 3.51. The van der Waals surface area contributed by atoms with Crippen LogP contribution in [0.3, 0.4) is 0 Å². The molecular formula is C19H26IN7O. The molecule has 150 valence electrons. The number of ether oxygens (including phenoxy) is 1. The van der Waals surface area contributed by atoms with E-state index in [1.54, 1.807) is 10.9 Å². The zero-order valence-electron chi connectivity index (χ0n) is 16.1. The number of morpholine rings is 1. The molecule has 1 aliphatic rings. The second-order valence-corrected chi connectivity index (χ2v) is 6.69. The molecule has 0 saturated carbocycles. The lowest BCUT2D eigenvalue weighted by Crippen LogP contribution is -2.48. The summed E-state index contributed by atoms with van der Waals surface area (Å²) < 4.78 is 7.73. The topological polar surface area (TPSA) is 83.4 Å². The van der Waals surface area contributed by atoms with Gasteiger partial charge in [-0.3, -0.25) is 9.67 Å². The fraction of sp³-hybridized carbons (Fsp3) is 0.421. The van der Waals surface area contributed by atoms with E-state index in [1.165, 1.54) is 10.9 Å². The second kappa shape index (κ2) is 9.37. The minimum absolute atomic E-state index is 0. The SMILES string of the molecule is CN=C(NCCc1c[nH]c2ncccc12)N1CCOC(c2cnn(C)c2)C1.I. The molecule has 3 aromatic heterocycles. The van der Waals surface area contributed by atoms with Gasteiger partial charge in [-0.15, -0.1) is 24.0 Å². The van der Waals surface area contributed by atoms with Gasteiger partial charge in [-0.05, 0) is 24.1 Å². The summed E-state index contributed by atoms with van der Waals surface area (Å²) in [7, 11) is 3.75. The number of aromatic nitrogens is 4. The molecule has 2 N–H and O–H groups in total. The van der Waals surface area contributed by atoms with E-state index in [-0.39, 0.29) is 30.1 Å². The van der Waals surface area contributed by atoms with Crippen LogP contribution in [0, 0.1) is 0 Å². The first-order valence-electron chi connectivity index (χ1n) is 9.21. The van der Waals surface area contributed by atoms with Crippen molar-refractivity contribution in [1.29, 1.82) is 0 Å². The maximum atomic E-state index is 5.92. The molecule has 3 aromatic rings. The number of aryl methyl sites for hydroxylation is 1. The van der Waals surface area contributed by atoms with Crippen LogP contribution >= 0.6 is 24.0 Å². The Morgan fingerprint density at radius 3 is 3.14 bits per heavy atom. The molecule has 8 nitrogen and oxygen atoms in total. The average molecular weight is 495 g/mol. The van der Waals surface area contributed by atoms with E-state index in [9.17, 15) is 0 Å². The van der Waals surface area contributed by atoms with Crippen molar-refractivity contribution in [3.05, 3.63) is 48.0 Å². The quantitative estimate of drug-likeness (QED) is 0.329. The molecular weight excluding hydrogens is 469 g/mol. The lowest BCUT2D eigenvalue weighted by atomic mass is 10.1. The van der Waals surface area contributed by atoms with E-state index < -0.39 is 0 Å². The third kappa shape index (κ3) is 4.46. The second-order valence-electron chi connectivity index (χ2n) is 6.69. The van der Waals surface area contributed by atoms with Gasteiger partial charge < -0.3 is 19.9 Å². The molecule has 0 spiro atoms. The number of nitrogens with one attached hydrogen (secondary N) is 2. The molecule has 0 radical (unpaired) electrons. The van der Waals surface area contributed by atoms with E-state index in [0.29, 0.717) is 6.61 Å². The highest BCUT2D eigenvalue weighted by Crippen LogP contribution is 2.21. The molecule has 0 aliphatic carbocycles. The summed E-state index contributed by atoms with van der Waals surface area (Å²) in [6.45, 7) is 3.08. The number of fused-ring (bicyclic) bond motifs is 1. The van der Waals surface area contributed by atoms with Crippen molar-refractivity contribution in [2.24, 2.45) is 12.0 Å². The van der Waals surface area contributed by atoms with Gasteiger partial charge in [0, 0.05) is 56.7 Å². The third-order valence-corrected chi connectivity index (χ3v) is 4.89. The Bertz CT molecular complexity index is 935. The van der Waals surface area contributed by atoms with Crippen LogP contribution in [0.25, 0.3) is 11.0 Å². The van der Waals surface area contributed by atoms with Gasteiger partial charge in [-0.1, -0.05) is 0 Å². The first-order valence-corrected chi connectivity index (χ1v) is 9.21. The molecule has 1 atom stereocenters. The predicted octanol–water partition coefficient (Wildman–Crippen LogP) is 2.11. The molecule has 28 heavy (non-hydrogen) atoms. The lowest BCUT2D eigenvalue weighted by molar-refractivity contribution is -0.00800. The number of H-pyrrole nitrogens is 1. The molecule has 9 heteroatoms. The minimum atomic E-state index is 0. The van der Waals surface area contributed by atoms with Crippen LogP contribution < -0.4 is 5.32 Å². The maximum absolute atomic E-state index is 5.92. The van der Waals surface area contributed by atoms with Gasteiger partial charge in [0.05, 0.1) is 19.3 Å². The van der Waals surface area contributed by atoms with Gasteiger partial charge in [-0.2, -0.15) is 5.10 Å². The molecule has 1 aliphatic heterocycles. The molecule has 1 saturated heterocycles. The number of nitrogens with zero attached hydrogens (tertiary/aromatic N) is 5. The number of aliphatic imine (C=N–C) groups is 1. The van der Waals surface area contributed by atoms with Gasteiger partial charge in [0.2, 0.25) is 0 Å². The Labute approximate surface area is 181 Å². The van der Waals surface area contributed by atoms with Crippen LogP contribution in [-0.2, 0) is 18.2 Å². The van der Waals surface area contributed by atoms with Gasteiger partial charge in [0.1, 0.15) is 11.8 Å². The largest absolute Gasteiger partial charge is 0.370 e. The molecule has 0 amide bonds. The molecule has 4 heterocycles. The summed E-state index contributed by atoms with van der Waals surface area (Å²) in [6, 6.07) is 4.07. The third-order valence-electron chi connectivity index (χ3n) is 4.89. The monoisotopic (exact) mass is 495 g/mol. The smallest absolute Gasteiger partial charge is 0.193 e. The summed E-state index contributed by atoms with van der Waals surface area (Å²) in [4.78, 5) is 14.3. The summed E-state index contributed by atoms with van der Waals surface area (Å²) in [5.74, 6) is 0.908. The van der Waals surface area contributed by atoms with Crippen molar-refractivity contribution in [1.82, 2.24) is 30.0 Å². The van der Waals surface area contributed by atoms with Gasteiger partial charge in [0.15, 0.2) is 5.96 Å². The number of hydrogen-bond acceptors (Lipinski definition) is 4. The number of guanidine groups is 1. The number of aromatic amines is 1. The van der Waals surface area contributed by atoms with Gasteiger partial charge in [-0.25, -0.2) is 4.98 Å². The van der Waals surface area contributed by atoms with Crippen molar-refractivity contribution < 1.29 is 4.74 Å². The molecule has 4 rings (SSSR count). The Hall–Kier alpha value is -2.14. The van der Waals surface area contributed by atoms with Crippen molar-refractivity contribution in [3.8, 4) is 0 Å². The summed E-state index contributed by atoms with van der Waals surface area (Å²) in [6.07, 6.45) is 8.65. The lowest BCUT2D eigenvalue weighted by Gasteiger charge is -2.34. The highest BCUT2D eigenvalue weighted by molar-refractivity contribution is 14.0. The number of rotatable bonds is 4. The number of pyridine rings is 1. The van der Waals surface area contributed by atoms with Crippen LogP contribution in [0.4, 0.5) is 0 Å². The van der Waals surface area contributed by atoms with E-state index in [0.717, 1.165) is 43.2 Å². The molecule has 0 bridgehead atoms. The highest BCUT2D eigenvalue weighted by atomic mass is 127. The van der Waals surface area contributed by atoms with E-state index >= 15 is 0 Å². The zero-order chi connectivity index (χ0) is 18.6. The van der Waals surface area contributed by atoms with Crippen molar-refractivity contribution >= 4 is 41.0 Å². The first-order chi connectivity index (χ1) is 13.2. The van der Waals surface area contributed by atoms with Crippen molar-refractivity contribution in [2.45, 2.75) is 12.5 Å². The normalized spacial score (nSPS) is 17.6. The summed E-state index contributed by atoms with van der Waals surface area (Å²) in [5, 5.41) is 8.91. The molecule has 0 aromatic carbocycles. The number of hydrogen-bond donors (Lipinski definition) is 2. The maximum Gasteiger partial charge on any atom is 0.193 e. The van der Waals surface area contributed by atoms with E-state index in [2.05, 4.69) is 36.3 Å². The van der Waals surface area contributed by atoms with E-state index in [4.69, 9.17) is 4.74 Å². The zero-order valence-corrected chi connectivity index (χ0v) is 18.5. The van der Waals surface area contributed by atoms with E-state index in [1.807, 2.05) is 38.8 Å². The van der Waals surface area contributed by atoms with Crippen molar-refractivity contribution in [2.75, 3.05) is 33.3 Å². The van der Waals surface area contributed by atoms with Crippen LogP contribution in [0.1, 0.15) is 17.2 Å². The average Bonchev–Trinajstić information content (AvgIpc) is 3.32. The Morgan fingerprint density at radius 2 is 2.36 bits per heavy atom. The van der Waals surface area contributed by atoms with Gasteiger partial charge in [0.25, 0.3) is 0 Å². The summed E-state index contributed by atoms with van der Waals surface area (Å²) in [5.41, 5.74) is 3.30. The molecule has 1 unspecified atom stereocenters. The van der Waals surface area contributed by atoms with Crippen LogP contribution in [0.15, 0.2) is 41.9 Å². The first kappa shape index (κ1) is 20.6. The Balaban J connectivity index is 0.00000225. The predicted molar refractivity (Wildman–Crippen MR) is 120 cm³/mol. The number of halogens is 1. The fourth-order valence-corrected chi connectivity index (χ4v) is 3.51.